The summed E-state index contributed by atoms with van der Waals surface area (Å²) in [5.41, 5.74) is 1.84. The first-order chi connectivity index (χ1) is 19.1. The molecule has 0 spiro atoms. The van der Waals surface area contributed by atoms with Crippen molar-refractivity contribution in [3.05, 3.63) is 72.9 Å². The minimum atomic E-state index is -0.709. The zero-order chi connectivity index (χ0) is 29.2. The molecule has 1 aliphatic heterocycles. The molecule has 0 aliphatic carbocycles. The number of ether oxygens (including phenoxy) is 7. The molecule has 0 aromatic heterocycles. The molecule has 10 heteroatoms. The van der Waals surface area contributed by atoms with Gasteiger partial charge >= 0.3 is 17.9 Å². The molecule has 2 aromatic rings. The highest BCUT2D eigenvalue weighted by molar-refractivity contribution is 5.91. The molecule has 1 aliphatic rings. The van der Waals surface area contributed by atoms with Gasteiger partial charge in [-0.2, -0.15) is 0 Å². The Balaban J connectivity index is 1.89. The molecule has 1 saturated heterocycles. The molecule has 0 saturated carbocycles. The van der Waals surface area contributed by atoms with Crippen LogP contribution in [0.4, 0.5) is 0 Å². The maximum atomic E-state index is 12.6. The van der Waals surface area contributed by atoms with Gasteiger partial charge < -0.3 is 33.2 Å². The summed E-state index contributed by atoms with van der Waals surface area (Å²) in [6, 6.07) is 9.99. The fraction of sp³-hybridized carbons (Fsp3) is 0.300. The highest BCUT2D eigenvalue weighted by atomic mass is 16.6. The van der Waals surface area contributed by atoms with E-state index in [0.717, 1.165) is 0 Å². The van der Waals surface area contributed by atoms with Crippen LogP contribution >= 0.6 is 0 Å². The van der Waals surface area contributed by atoms with Gasteiger partial charge in [0.1, 0.15) is 25.9 Å². The fourth-order valence-electron chi connectivity index (χ4n) is 3.12. The van der Waals surface area contributed by atoms with E-state index in [-0.39, 0.29) is 59.9 Å². The van der Waals surface area contributed by atoms with E-state index in [1.807, 2.05) is 0 Å². The molecule has 3 rings (SSSR count). The van der Waals surface area contributed by atoms with Crippen LogP contribution in [-0.2, 0) is 28.6 Å². The number of benzene rings is 2. The SMILES string of the molecule is C=C(C)C(=O)OCCOc1ccc(-c2ccc(OCC3CO3)c(OC(=O)C(=C)C)c2)cc1OC(=O)C(=C)COC. The van der Waals surface area contributed by atoms with E-state index in [0.29, 0.717) is 30.1 Å². The Labute approximate surface area is 232 Å². The number of epoxide rings is 1. The highest BCUT2D eigenvalue weighted by Gasteiger charge is 2.24. The number of rotatable bonds is 15. The van der Waals surface area contributed by atoms with Crippen molar-refractivity contribution in [2.45, 2.75) is 20.0 Å². The summed E-state index contributed by atoms with van der Waals surface area (Å²) in [6.45, 7) is 14.8. The third-order valence-electron chi connectivity index (χ3n) is 5.33. The van der Waals surface area contributed by atoms with Crippen LogP contribution in [0.15, 0.2) is 72.9 Å². The standard InChI is InChI=1S/C30H32O10/c1-18(2)28(31)36-12-11-35-24-9-7-21(13-26(24)40-30(33)20(5)15-34-6)22-8-10-25(38-17-23-16-37-23)27(14-22)39-29(32)19(3)4/h7-10,13-14,23H,1,3,5,11-12,15-17H2,2,4,6H3. The van der Waals surface area contributed by atoms with Crippen molar-refractivity contribution < 1.29 is 47.5 Å². The van der Waals surface area contributed by atoms with Crippen molar-refractivity contribution in [3.63, 3.8) is 0 Å². The highest BCUT2D eigenvalue weighted by Crippen LogP contribution is 2.37. The van der Waals surface area contributed by atoms with E-state index in [1.54, 1.807) is 43.3 Å². The summed E-state index contributed by atoms with van der Waals surface area (Å²) in [7, 11) is 1.43. The summed E-state index contributed by atoms with van der Waals surface area (Å²) < 4.78 is 37.8. The Hall–Kier alpha value is -4.41. The summed E-state index contributed by atoms with van der Waals surface area (Å²) >= 11 is 0. The number of carbonyl (C=O) groups is 3. The van der Waals surface area contributed by atoms with E-state index in [9.17, 15) is 14.4 Å². The van der Waals surface area contributed by atoms with Crippen molar-refractivity contribution in [2.24, 2.45) is 0 Å². The largest absolute Gasteiger partial charge is 0.487 e. The van der Waals surface area contributed by atoms with Crippen molar-refractivity contribution >= 4 is 17.9 Å². The summed E-state index contributed by atoms with van der Waals surface area (Å²) in [5.74, 6) is -0.975. The Morgan fingerprint density at radius 3 is 1.88 bits per heavy atom. The lowest BCUT2D eigenvalue weighted by Gasteiger charge is -2.16. The number of hydrogen-bond donors (Lipinski definition) is 0. The van der Waals surface area contributed by atoms with E-state index in [1.165, 1.54) is 14.0 Å². The molecule has 10 nitrogen and oxygen atoms in total. The molecule has 0 bridgehead atoms. The van der Waals surface area contributed by atoms with Gasteiger partial charge in [0.15, 0.2) is 23.0 Å². The van der Waals surface area contributed by atoms with Crippen LogP contribution in [-0.4, -0.2) is 64.2 Å². The van der Waals surface area contributed by atoms with Crippen LogP contribution in [0.2, 0.25) is 0 Å². The van der Waals surface area contributed by atoms with Gasteiger partial charge in [-0.3, -0.25) is 0 Å². The summed E-state index contributed by atoms with van der Waals surface area (Å²) in [6.07, 6.45) is 0.00586. The average molecular weight is 553 g/mol. The topological polar surface area (TPSA) is 119 Å². The molecule has 212 valence electrons. The lowest BCUT2D eigenvalue weighted by atomic mass is 10.0. The summed E-state index contributed by atoms with van der Waals surface area (Å²) in [5, 5.41) is 0. The molecule has 1 fully saturated rings. The Morgan fingerprint density at radius 2 is 1.35 bits per heavy atom. The molecule has 1 atom stereocenters. The van der Waals surface area contributed by atoms with E-state index < -0.39 is 17.9 Å². The van der Waals surface area contributed by atoms with Crippen LogP contribution in [0.5, 0.6) is 23.0 Å². The van der Waals surface area contributed by atoms with E-state index in [4.69, 9.17) is 33.2 Å². The monoisotopic (exact) mass is 552 g/mol. The minimum absolute atomic E-state index is 0.000315. The normalized spacial score (nSPS) is 13.5. The van der Waals surface area contributed by atoms with E-state index >= 15 is 0 Å². The lowest BCUT2D eigenvalue weighted by molar-refractivity contribution is -0.139. The third kappa shape index (κ3) is 8.82. The second-order valence-electron chi connectivity index (χ2n) is 8.95. The molecule has 40 heavy (non-hydrogen) atoms. The van der Waals surface area contributed by atoms with E-state index in [2.05, 4.69) is 19.7 Å². The Kier molecular flexibility index (Phi) is 10.6. The van der Waals surface area contributed by atoms with Crippen LogP contribution in [0.25, 0.3) is 11.1 Å². The molecule has 1 unspecified atom stereocenters. The second-order valence-corrected chi connectivity index (χ2v) is 8.95. The molecule has 1 heterocycles. The maximum absolute atomic E-state index is 12.6. The Morgan fingerprint density at radius 1 is 0.800 bits per heavy atom. The predicted molar refractivity (Wildman–Crippen MR) is 145 cm³/mol. The first-order valence-electron chi connectivity index (χ1n) is 12.3. The Bertz CT molecular complexity index is 1310. The first kappa shape index (κ1) is 30.1. The lowest BCUT2D eigenvalue weighted by Crippen LogP contribution is -2.16. The van der Waals surface area contributed by atoms with Gasteiger partial charge in [-0.15, -0.1) is 0 Å². The van der Waals surface area contributed by atoms with Crippen molar-refractivity contribution in [1.29, 1.82) is 0 Å². The fourth-order valence-corrected chi connectivity index (χ4v) is 3.12. The molecular formula is C30H32O10. The minimum Gasteiger partial charge on any atom is -0.487 e. The molecule has 0 amide bonds. The van der Waals surface area contributed by atoms with Crippen molar-refractivity contribution in [1.82, 2.24) is 0 Å². The van der Waals surface area contributed by atoms with Gasteiger partial charge in [0, 0.05) is 18.3 Å². The average Bonchev–Trinajstić information content (AvgIpc) is 3.75. The third-order valence-corrected chi connectivity index (χ3v) is 5.33. The van der Waals surface area contributed by atoms with Gasteiger partial charge in [0.05, 0.1) is 18.8 Å². The van der Waals surface area contributed by atoms with Crippen LogP contribution in [0.1, 0.15) is 13.8 Å². The zero-order valence-corrected chi connectivity index (χ0v) is 22.8. The zero-order valence-electron chi connectivity index (χ0n) is 22.8. The number of esters is 3. The van der Waals surface area contributed by atoms with Gasteiger partial charge in [-0.1, -0.05) is 31.9 Å². The van der Waals surface area contributed by atoms with Crippen molar-refractivity contribution in [2.75, 3.05) is 40.1 Å². The van der Waals surface area contributed by atoms with Crippen molar-refractivity contribution in [3.8, 4) is 34.1 Å². The molecule has 0 radical (unpaired) electrons. The summed E-state index contributed by atoms with van der Waals surface area (Å²) in [4.78, 5) is 36.5. The van der Waals surface area contributed by atoms with Gasteiger partial charge in [-0.05, 0) is 49.2 Å². The van der Waals surface area contributed by atoms with Crippen LogP contribution < -0.4 is 18.9 Å². The van der Waals surface area contributed by atoms with Gasteiger partial charge in [-0.25, -0.2) is 14.4 Å². The first-order valence-corrected chi connectivity index (χ1v) is 12.3. The predicted octanol–water partition coefficient (Wildman–Crippen LogP) is 4.22. The number of hydrogen-bond acceptors (Lipinski definition) is 10. The number of methoxy groups -OCH3 is 1. The smallest absolute Gasteiger partial charge is 0.341 e. The molecule has 0 N–H and O–H groups in total. The van der Waals surface area contributed by atoms with Gasteiger partial charge in [0.25, 0.3) is 0 Å². The van der Waals surface area contributed by atoms with Gasteiger partial charge in [0.2, 0.25) is 0 Å². The number of carbonyl (C=O) groups excluding carboxylic acids is 3. The quantitative estimate of drug-likeness (QED) is 0.104. The maximum Gasteiger partial charge on any atom is 0.341 e. The molecular weight excluding hydrogens is 520 g/mol. The van der Waals surface area contributed by atoms with Crippen LogP contribution in [0, 0.1) is 0 Å². The van der Waals surface area contributed by atoms with Crippen LogP contribution in [0.3, 0.4) is 0 Å². The molecule has 2 aromatic carbocycles. The second kappa shape index (κ2) is 14.1.